The van der Waals surface area contributed by atoms with Crippen molar-refractivity contribution in [2.45, 2.75) is 111 Å². The first kappa shape index (κ1) is 24.9. The van der Waals surface area contributed by atoms with E-state index in [9.17, 15) is 9.59 Å². The lowest BCUT2D eigenvalue weighted by atomic mass is 9.95. The van der Waals surface area contributed by atoms with Crippen LogP contribution < -0.4 is 0 Å². The third-order valence-corrected chi connectivity index (χ3v) is 5.19. The fraction of sp³-hybridized carbons (Fsp3) is 0.909. The molecule has 0 bridgehead atoms. The van der Waals surface area contributed by atoms with E-state index >= 15 is 0 Å². The average molecular weight is 371 g/mol. The minimum atomic E-state index is -0.711. The zero-order valence-corrected chi connectivity index (χ0v) is 17.4. The smallest absolute Gasteiger partial charge is 0.308 e. The molecule has 154 valence electrons. The first-order valence-electron chi connectivity index (χ1n) is 10.9. The lowest BCUT2D eigenvalue weighted by molar-refractivity contribution is -0.150. The maximum Gasteiger partial charge on any atom is 0.308 e. The SMILES string of the molecule is CCCCC(CC)COC(=O)C(CCCC)CCCCCCCC(=O)O. The number of carbonyl (C=O) groups is 2. The highest BCUT2D eigenvalue weighted by Crippen LogP contribution is 2.21. The van der Waals surface area contributed by atoms with Gasteiger partial charge in [0.05, 0.1) is 12.5 Å². The first-order valence-corrected chi connectivity index (χ1v) is 10.9. The maximum atomic E-state index is 12.5. The molecule has 0 aromatic carbocycles. The minimum Gasteiger partial charge on any atom is -0.481 e. The van der Waals surface area contributed by atoms with Gasteiger partial charge >= 0.3 is 11.9 Å². The van der Waals surface area contributed by atoms with Gasteiger partial charge in [-0.15, -0.1) is 0 Å². The van der Waals surface area contributed by atoms with Crippen LogP contribution in [0.5, 0.6) is 0 Å². The van der Waals surface area contributed by atoms with Gasteiger partial charge in [0.15, 0.2) is 0 Å². The summed E-state index contributed by atoms with van der Waals surface area (Å²) < 4.78 is 5.67. The van der Waals surface area contributed by atoms with Gasteiger partial charge in [0.1, 0.15) is 0 Å². The van der Waals surface area contributed by atoms with Crippen LogP contribution in [-0.4, -0.2) is 23.7 Å². The Kier molecular flexibility index (Phi) is 16.7. The molecule has 2 atom stereocenters. The summed E-state index contributed by atoms with van der Waals surface area (Å²) >= 11 is 0. The van der Waals surface area contributed by atoms with Crippen molar-refractivity contribution in [2.24, 2.45) is 11.8 Å². The third-order valence-electron chi connectivity index (χ3n) is 5.19. The van der Waals surface area contributed by atoms with Gasteiger partial charge in [0, 0.05) is 6.42 Å². The van der Waals surface area contributed by atoms with E-state index in [0.717, 1.165) is 70.6 Å². The van der Waals surface area contributed by atoms with Crippen LogP contribution >= 0.6 is 0 Å². The van der Waals surface area contributed by atoms with Gasteiger partial charge in [0.25, 0.3) is 0 Å². The second-order valence-corrected chi connectivity index (χ2v) is 7.59. The van der Waals surface area contributed by atoms with Crippen molar-refractivity contribution in [3.63, 3.8) is 0 Å². The quantitative estimate of drug-likeness (QED) is 0.225. The molecule has 0 radical (unpaired) electrons. The van der Waals surface area contributed by atoms with Gasteiger partial charge in [-0.25, -0.2) is 0 Å². The zero-order valence-electron chi connectivity index (χ0n) is 17.4. The Morgan fingerprint density at radius 3 is 2.00 bits per heavy atom. The number of ether oxygens (including phenoxy) is 1. The number of aliphatic carboxylic acids is 1. The summed E-state index contributed by atoms with van der Waals surface area (Å²) in [6.45, 7) is 7.10. The first-order chi connectivity index (χ1) is 12.5. The average Bonchev–Trinajstić information content (AvgIpc) is 2.63. The summed E-state index contributed by atoms with van der Waals surface area (Å²) in [6, 6.07) is 0. The molecule has 4 nitrogen and oxygen atoms in total. The van der Waals surface area contributed by atoms with Crippen LogP contribution in [0.15, 0.2) is 0 Å². The fourth-order valence-electron chi connectivity index (χ4n) is 3.24. The van der Waals surface area contributed by atoms with Gasteiger partial charge in [-0.1, -0.05) is 78.6 Å². The van der Waals surface area contributed by atoms with Crippen LogP contribution in [0.25, 0.3) is 0 Å². The van der Waals surface area contributed by atoms with E-state index in [4.69, 9.17) is 9.84 Å². The fourth-order valence-corrected chi connectivity index (χ4v) is 3.24. The lowest BCUT2D eigenvalue weighted by Gasteiger charge is -2.19. The van der Waals surface area contributed by atoms with Crippen molar-refractivity contribution in [3.05, 3.63) is 0 Å². The molecule has 4 heteroatoms. The highest BCUT2D eigenvalue weighted by Gasteiger charge is 2.20. The number of carboxylic acid groups (broad SMARTS) is 1. The molecule has 0 rings (SSSR count). The Morgan fingerprint density at radius 2 is 1.38 bits per heavy atom. The van der Waals surface area contributed by atoms with Crippen LogP contribution in [0.3, 0.4) is 0 Å². The van der Waals surface area contributed by atoms with Crippen LogP contribution in [-0.2, 0) is 14.3 Å². The summed E-state index contributed by atoms with van der Waals surface area (Å²) in [6.07, 6.45) is 13.8. The number of hydrogen-bond acceptors (Lipinski definition) is 3. The van der Waals surface area contributed by atoms with E-state index in [0.29, 0.717) is 12.5 Å². The Morgan fingerprint density at radius 1 is 0.808 bits per heavy atom. The molecular weight excluding hydrogens is 328 g/mol. The third kappa shape index (κ3) is 14.1. The summed E-state index contributed by atoms with van der Waals surface area (Å²) in [5, 5.41) is 8.64. The highest BCUT2D eigenvalue weighted by atomic mass is 16.5. The molecule has 0 aliphatic rings. The van der Waals surface area contributed by atoms with Gasteiger partial charge in [-0.3, -0.25) is 9.59 Å². The highest BCUT2D eigenvalue weighted by molar-refractivity contribution is 5.72. The van der Waals surface area contributed by atoms with E-state index in [1.54, 1.807) is 0 Å². The second-order valence-electron chi connectivity index (χ2n) is 7.59. The van der Waals surface area contributed by atoms with E-state index in [2.05, 4.69) is 20.8 Å². The van der Waals surface area contributed by atoms with E-state index < -0.39 is 5.97 Å². The molecule has 2 unspecified atom stereocenters. The Bertz CT molecular complexity index is 354. The van der Waals surface area contributed by atoms with E-state index in [1.807, 2.05) is 0 Å². The molecule has 1 N–H and O–H groups in total. The topological polar surface area (TPSA) is 63.6 Å². The minimum absolute atomic E-state index is 0.000671. The molecule has 0 aromatic rings. The molecule has 0 fully saturated rings. The molecule has 0 saturated heterocycles. The molecule has 0 saturated carbocycles. The van der Waals surface area contributed by atoms with E-state index in [-0.39, 0.29) is 18.3 Å². The van der Waals surface area contributed by atoms with Crippen LogP contribution in [0, 0.1) is 11.8 Å². The Hall–Kier alpha value is -1.06. The molecule has 0 heterocycles. The van der Waals surface area contributed by atoms with Crippen LogP contribution in [0.4, 0.5) is 0 Å². The number of unbranched alkanes of at least 4 members (excludes halogenated alkanes) is 6. The van der Waals surface area contributed by atoms with Crippen molar-refractivity contribution in [1.82, 2.24) is 0 Å². The Labute approximate surface area is 161 Å². The maximum absolute atomic E-state index is 12.5. The summed E-state index contributed by atoms with van der Waals surface area (Å²) in [7, 11) is 0. The molecule has 0 amide bonds. The Balaban J connectivity index is 4.11. The predicted octanol–water partition coefficient (Wildman–Crippen LogP) is 6.37. The van der Waals surface area contributed by atoms with Crippen LogP contribution in [0.1, 0.15) is 111 Å². The van der Waals surface area contributed by atoms with Crippen molar-refractivity contribution in [3.8, 4) is 0 Å². The van der Waals surface area contributed by atoms with E-state index in [1.165, 1.54) is 12.8 Å². The molecule has 0 aromatic heterocycles. The summed E-state index contributed by atoms with van der Waals surface area (Å²) in [5.74, 6) is -0.173. The van der Waals surface area contributed by atoms with Crippen molar-refractivity contribution in [1.29, 1.82) is 0 Å². The molecule has 26 heavy (non-hydrogen) atoms. The summed E-state index contributed by atoms with van der Waals surface area (Å²) in [4.78, 5) is 23.0. The van der Waals surface area contributed by atoms with Crippen molar-refractivity contribution >= 4 is 11.9 Å². The van der Waals surface area contributed by atoms with Gasteiger partial charge in [-0.05, 0) is 31.6 Å². The van der Waals surface area contributed by atoms with Crippen LogP contribution in [0.2, 0.25) is 0 Å². The number of carboxylic acids is 1. The molecule has 0 aliphatic carbocycles. The second kappa shape index (κ2) is 17.4. The molecule has 0 aliphatic heterocycles. The van der Waals surface area contributed by atoms with Gasteiger partial charge in [0.2, 0.25) is 0 Å². The molecule has 0 spiro atoms. The summed E-state index contributed by atoms with van der Waals surface area (Å²) in [5.41, 5.74) is 0. The molecular formula is C22H42O4. The monoisotopic (exact) mass is 370 g/mol. The largest absolute Gasteiger partial charge is 0.481 e. The van der Waals surface area contributed by atoms with Crippen molar-refractivity contribution in [2.75, 3.05) is 6.61 Å². The zero-order chi connectivity index (χ0) is 19.6. The normalized spacial score (nSPS) is 13.3. The number of esters is 1. The standard InChI is InChI=1S/C22H42O4/c1-4-7-14-19(6-3)18-26-22(25)20(15-8-5-2)16-12-10-9-11-13-17-21(23)24/h19-20H,4-18H2,1-3H3,(H,23,24). The number of rotatable bonds is 18. The number of carbonyl (C=O) groups excluding carboxylic acids is 1. The van der Waals surface area contributed by atoms with Crippen molar-refractivity contribution < 1.29 is 19.4 Å². The predicted molar refractivity (Wildman–Crippen MR) is 107 cm³/mol. The number of hydrogen-bond donors (Lipinski definition) is 1. The van der Waals surface area contributed by atoms with Gasteiger partial charge < -0.3 is 9.84 Å². The lowest BCUT2D eigenvalue weighted by Crippen LogP contribution is -2.21. The van der Waals surface area contributed by atoms with Gasteiger partial charge in [-0.2, -0.15) is 0 Å².